The molecule has 0 saturated carbocycles. The number of halogens is 1. The zero-order chi connectivity index (χ0) is 17.9. The number of hydrogen-bond acceptors (Lipinski definition) is 2. The Labute approximate surface area is 143 Å². The Balaban J connectivity index is 2.21. The van der Waals surface area contributed by atoms with Crippen LogP contribution >= 0.6 is 0 Å². The highest BCUT2D eigenvalue weighted by atomic mass is 19.1. The molecular formula is C19H26FN3O. The van der Waals surface area contributed by atoms with Crippen molar-refractivity contribution in [2.75, 3.05) is 11.4 Å². The van der Waals surface area contributed by atoms with Gasteiger partial charge in [0.25, 0.3) is 0 Å². The van der Waals surface area contributed by atoms with E-state index in [9.17, 15) is 9.18 Å². The maximum absolute atomic E-state index is 13.1. The lowest BCUT2D eigenvalue weighted by atomic mass is 10.1. The normalized spacial score (nSPS) is 11.1. The molecular weight excluding hydrogens is 305 g/mol. The third-order valence-corrected chi connectivity index (χ3v) is 4.15. The second-order valence-electron chi connectivity index (χ2n) is 6.52. The molecule has 0 aliphatic heterocycles. The first kappa shape index (κ1) is 18.2. The van der Waals surface area contributed by atoms with Crippen LogP contribution in [0.25, 0.3) is 0 Å². The van der Waals surface area contributed by atoms with Crippen molar-refractivity contribution in [2.45, 2.75) is 47.6 Å². The second kappa shape index (κ2) is 7.60. The highest BCUT2D eigenvalue weighted by molar-refractivity contribution is 5.94. The van der Waals surface area contributed by atoms with Gasteiger partial charge < -0.3 is 4.90 Å². The quantitative estimate of drug-likeness (QED) is 0.805. The van der Waals surface area contributed by atoms with Gasteiger partial charge in [0.1, 0.15) is 5.82 Å². The van der Waals surface area contributed by atoms with E-state index < -0.39 is 0 Å². The van der Waals surface area contributed by atoms with Crippen molar-refractivity contribution in [3.63, 3.8) is 0 Å². The van der Waals surface area contributed by atoms with E-state index >= 15 is 0 Å². The van der Waals surface area contributed by atoms with Crippen molar-refractivity contribution < 1.29 is 9.18 Å². The van der Waals surface area contributed by atoms with Gasteiger partial charge in [-0.15, -0.1) is 0 Å². The number of anilines is 1. The highest BCUT2D eigenvalue weighted by Crippen LogP contribution is 2.20. The summed E-state index contributed by atoms with van der Waals surface area (Å²) in [6, 6.07) is 6.03. The molecule has 130 valence electrons. The molecule has 0 aliphatic rings. The van der Waals surface area contributed by atoms with Gasteiger partial charge in [0, 0.05) is 30.0 Å². The van der Waals surface area contributed by atoms with Gasteiger partial charge in [-0.25, -0.2) is 4.39 Å². The van der Waals surface area contributed by atoms with Crippen molar-refractivity contribution in [1.82, 2.24) is 9.78 Å². The van der Waals surface area contributed by atoms with Crippen molar-refractivity contribution in [3.8, 4) is 0 Å². The molecule has 0 spiro atoms. The zero-order valence-electron chi connectivity index (χ0n) is 15.1. The molecule has 4 nitrogen and oxygen atoms in total. The van der Waals surface area contributed by atoms with Crippen molar-refractivity contribution in [3.05, 3.63) is 47.0 Å². The van der Waals surface area contributed by atoms with E-state index in [1.54, 1.807) is 17.0 Å². The van der Waals surface area contributed by atoms with Gasteiger partial charge in [-0.1, -0.05) is 13.8 Å². The Morgan fingerprint density at radius 3 is 2.42 bits per heavy atom. The van der Waals surface area contributed by atoms with Gasteiger partial charge in [-0.2, -0.15) is 5.10 Å². The molecule has 0 saturated heterocycles. The number of benzene rings is 1. The minimum absolute atomic E-state index is 0.000551. The monoisotopic (exact) mass is 331 g/mol. The van der Waals surface area contributed by atoms with Crippen molar-refractivity contribution in [1.29, 1.82) is 0 Å². The van der Waals surface area contributed by atoms with E-state index in [2.05, 4.69) is 18.9 Å². The molecule has 2 rings (SSSR count). The van der Waals surface area contributed by atoms with Crippen molar-refractivity contribution in [2.24, 2.45) is 5.92 Å². The Hall–Kier alpha value is -2.17. The summed E-state index contributed by atoms with van der Waals surface area (Å²) in [6.45, 7) is 11.6. The molecule has 1 heterocycles. The predicted molar refractivity (Wildman–Crippen MR) is 94.7 cm³/mol. The zero-order valence-corrected chi connectivity index (χ0v) is 15.1. The Bertz CT molecular complexity index is 704. The summed E-state index contributed by atoms with van der Waals surface area (Å²) in [5.41, 5.74) is 3.65. The minimum atomic E-state index is -0.302. The molecule has 0 aliphatic carbocycles. The molecule has 0 unspecified atom stereocenters. The molecule has 0 fully saturated rings. The summed E-state index contributed by atoms with van der Waals surface area (Å²) >= 11 is 0. The van der Waals surface area contributed by atoms with E-state index in [0.29, 0.717) is 24.6 Å². The fourth-order valence-electron chi connectivity index (χ4n) is 2.88. The highest BCUT2D eigenvalue weighted by Gasteiger charge is 2.20. The van der Waals surface area contributed by atoms with Crippen LogP contribution in [0, 0.1) is 25.6 Å². The molecule has 1 aromatic carbocycles. The van der Waals surface area contributed by atoms with Crippen LogP contribution in [0.5, 0.6) is 0 Å². The number of nitrogens with zero attached hydrogens (tertiary/aromatic N) is 3. The summed E-state index contributed by atoms with van der Waals surface area (Å²) in [6.07, 6.45) is 0.307. The third-order valence-electron chi connectivity index (χ3n) is 4.15. The van der Waals surface area contributed by atoms with Crippen molar-refractivity contribution >= 4 is 11.6 Å². The van der Waals surface area contributed by atoms with Crippen LogP contribution in [0.4, 0.5) is 10.1 Å². The summed E-state index contributed by atoms with van der Waals surface area (Å²) in [7, 11) is 0. The maximum Gasteiger partial charge on any atom is 0.231 e. The van der Waals surface area contributed by atoms with Crippen LogP contribution in [0.2, 0.25) is 0 Å². The van der Waals surface area contributed by atoms with Crippen LogP contribution < -0.4 is 4.90 Å². The molecule has 1 aromatic heterocycles. The number of carbonyl (C=O) groups is 1. The number of aryl methyl sites for hydroxylation is 1. The number of hydrogen-bond donors (Lipinski definition) is 0. The summed E-state index contributed by atoms with van der Waals surface area (Å²) in [4.78, 5) is 14.4. The average molecular weight is 331 g/mol. The van der Waals surface area contributed by atoms with E-state index in [-0.39, 0.29) is 11.7 Å². The lowest BCUT2D eigenvalue weighted by Gasteiger charge is -2.21. The fourth-order valence-corrected chi connectivity index (χ4v) is 2.88. The van der Waals surface area contributed by atoms with Gasteiger partial charge in [0.15, 0.2) is 0 Å². The van der Waals surface area contributed by atoms with E-state index in [1.807, 2.05) is 25.5 Å². The predicted octanol–water partition coefficient (Wildman–Crippen LogP) is 3.89. The van der Waals surface area contributed by atoms with Crippen LogP contribution in [0.15, 0.2) is 24.3 Å². The van der Waals surface area contributed by atoms with Crippen LogP contribution in [0.3, 0.4) is 0 Å². The standard InChI is InChI=1S/C19H26FN3O/c1-6-22(17-9-7-16(20)8-10-17)19(24)11-18-14(4)21-23(15(18)5)12-13(2)3/h7-10,13H,6,11-12H2,1-5H3. The summed E-state index contributed by atoms with van der Waals surface area (Å²) in [5.74, 6) is 0.196. The molecule has 0 bridgehead atoms. The molecule has 0 radical (unpaired) electrons. The summed E-state index contributed by atoms with van der Waals surface area (Å²) < 4.78 is 15.1. The Morgan fingerprint density at radius 2 is 1.88 bits per heavy atom. The molecule has 2 aromatic rings. The van der Waals surface area contributed by atoms with Crippen LogP contribution in [-0.2, 0) is 17.8 Å². The summed E-state index contributed by atoms with van der Waals surface area (Å²) in [5, 5.41) is 4.57. The Morgan fingerprint density at radius 1 is 1.25 bits per heavy atom. The molecule has 24 heavy (non-hydrogen) atoms. The molecule has 0 N–H and O–H groups in total. The lowest BCUT2D eigenvalue weighted by Crippen LogP contribution is -2.32. The van der Waals surface area contributed by atoms with Gasteiger partial charge in [-0.05, 0) is 51.0 Å². The number of carbonyl (C=O) groups excluding carboxylic acids is 1. The fraction of sp³-hybridized carbons (Fsp3) is 0.474. The van der Waals surface area contributed by atoms with Gasteiger partial charge >= 0.3 is 0 Å². The van der Waals surface area contributed by atoms with Gasteiger partial charge in [0.05, 0.1) is 12.1 Å². The molecule has 5 heteroatoms. The van der Waals surface area contributed by atoms with Gasteiger partial charge in [-0.3, -0.25) is 9.48 Å². The minimum Gasteiger partial charge on any atom is -0.312 e. The largest absolute Gasteiger partial charge is 0.312 e. The number of aromatic nitrogens is 2. The topological polar surface area (TPSA) is 38.1 Å². The SMILES string of the molecule is CCN(C(=O)Cc1c(C)nn(CC(C)C)c1C)c1ccc(F)cc1. The number of likely N-dealkylation sites (N-methyl/N-ethyl adjacent to an activating group) is 1. The van der Waals surface area contributed by atoms with Crippen LogP contribution in [0.1, 0.15) is 37.7 Å². The lowest BCUT2D eigenvalue weighted by molar-refractivity contribution is -0.118. The number of rotatable bonds is 6. The van der Waals surface area contributed by atoms with E-state index in [0.717, 1.165) is 23.5 Å². The first-order valence-electron chi connectivity index (χ1n) is 8.42. The Kier molecular flexibility index (Phi) is 5.75. The van der Waals surface area contributed by atoms with Gasteiger partial charge in [0.2, 0.25) is 5.91 Å². The van der Waals surface area contributed by atoms with Crippen LogP contribution in [-0.4, -0.2) is 22.2 Å². The molecule has 1 amide bonds. The van der Waals surface area contributed by atoms with E-state index in [1.165, 1.54) is 12.1 Å². The maximum atomic E-state index is 13.1. The first-order chi connectivity index (χ1) is 11.3. The number of amides is 1. The second-order valence-corrected chi connectivity index (χ2v) is 6.52. The first-order valence-corrected chi connectivity index (χ1v) is 8.42. The smallest absolute Gasteiger partial charge is 0.231 e. The third kappa shape index (κ3) is 4.02. The van der Waals surface area contributed by atoms with E-state index in [4.69, 9.17) is 0 Å². The molecule has 0 atom stereocenters. The average Bonchev–Trinajstić information content (AvgIpc) is 2.77.